The first-order valence-corrected chi connectivity index (χ1v) is 12.2. The molecule has 5 rings (SSSR count). The maximum atomic E-state index is 13.4. The van der Waals surface area contributed by atoms with Gasteiger partial charge in [-0.15, -0.1) is 11.3 Å². The molecule has 2 aromatic carbocycles. The number of hydrogen-bond acceptors (Lipinski definition) is 4. The van der Waals surface area contributed by atoms with E-state index in [0.717, 1.165) is 49.3 Å². The summed E-state index contributed by atoms with van der Waals surface area (Å²) in [6, 6.07) is 13.2. The Balaban J connectivity index is 1.35. The Kier molecular flexibility index (Phi) is 5.89. The molecule has 3 heterocycles. The van der Waals surface area contributed by atoms with Crippen molar-refractivity contribution in [1.29, 1.82) is 0 Å². The fraction of sp³-hybridized carbons (Fsp3) is 0.308. The van der Waals surface area contributed by atoms with Gasteiger partial charge in [0.05, 0.1) is 0 Å². The van der Waals surface area contributed by atoms with Crippen molar-refractivity contribution in [2.75, 3.05) is 23.3 Å². The summed E-state index contributed by atoms with van der Waals surface area (Å²) < 4.78 is 13.2. The van der Waals surface area contributed by atoms with Crippen molar-refractivity contribution in [2.45, 2.75) is 38.8 Å². The zero-order chi connectivity index (χ0) is 22.9. The maximum Gasteiger partial charge on any atom is 0.255 e. The summed E-state index contributed by atoms with van der Waals surface area (Å²) in [5.41, 5.74) is 4.44. The summed E-state index contributed by atoms with van der Waals surface area (Å²) in [4.78, 5) is 31.6. The van der Waals surface area contributed by atoms with E-state index in [2.05, 4.69) is 21.7 Å². The minimum atomic E-state index is -0.373. The smallest absolute Gasteiger partial charge is 0.255 e. The van der Waals surface area contributed by atoms with E-state index in [1.54, 1.807) is 11.3 Å². The van der Waals surface area contributed by atoms with Crippen LogP contribution in [0.15, 0.2) is 53.9 Å². The quantitative estimate of drug-likeness (QED) is 0.601. The molecule has 1 atom stereocenters. The molecule has 2 aliphatic heterocycles. The maximum absolute atomic E-state index is 13.4. The van der Waals surface area contributed by atoms with Crippen molar-refractivity contribution in [3.63, 3.8) is 0 Å². The molecule has 1 unspecified atom stereocenters. The zero-order valence-corrected chi connectivity index (χ0v) is 19.3. The monoisotopic (exact) mass is 463 g/mol. The molecule has 33 heavy (non-hydrogen) atoms. The molecule has 170 valence electrons. The Hall–Kier alpha value is -3.19. The Morgan fingerprint density at radius 3 is 2.70 bits per heavy atom. The number of fused-ring (bicyclic) bond motifs is 2. The third-order valence-electron chi connectivity index (χ3n) is 6.59. The molecule has 1 aromatic heterocycles. The molecule has 1 N–H and O–H groups in total. The van der Waals surface area contributed by atoms with Crippen LogP contribution in [0.2, 0.25) is 0 Å². The number of amides is 2. The normalized spacial score (nSPS) is 16.1. The number of nitrogens with zero attached hydrogens (tertiary/aromatic N) is 2. The molecule has 0 fully saturated rings. The minimum absolute atomic E-state index is 0.139. The Labute approximate surface area is 196 Å². The van der Waals surface area contributed by atoms with E-state index in [1.165, 1.54) is 34.7 Å². The van der Waals surface area contributed by atoms with Gasteiger partial charge in [0.25, 0.3) is 5.91 Å². The van der Waals surface area contributed by atoms with E-state index in [4.69, 9.17) is 0 Å². The van der Waals surface area contributed by atoms with Crippen molar-refractivity contribution in [3.05, 3.63) is 81.3 Å². The fourth-order valence-corrected chi connectivity index (χ4v) is 5.69. The average Bonchev–Trinajstić information content (AvgIpc) is 3.31. The van der Waals surface area contributed by atoms with Crippen LogP contribution >= 0.6 is 11.3 Å². The lowest BCUT2D eigenvalue weighted by molar-refractivity contribution is -0.133. The molecule has 0 spiro atoms. The SMILES string of the molecule is CC(C(=O)N1CCc2sccc2C1)N1CCCc2c(NC(=O)c3ccc(F)cc3)cccc21. The molecule has 0 saturated heterocycles. The van der Waals surface area contributed by atoms with Crippen LogP contribution in [-0.2, 0) is 24.2 Å². The molecule has 0 bridgehead atoms. The number of thiophene rings is 1. The topological polar surface area (TPSA) is 52.7 Å². The van der Waals surface area contributed by atoms with E-state index in [-0.39, 0.29) is 23.7 Å². The second-order valence-corrected chi connectivity index (χ2v) is 9.62. The molecule has 0 radical (unpaired) electrons. The zero-order valence-electron chi connectivity index (χ0n) is 18.5. The highest BCUT2D eigenvalue weighted by atomic mass is 32.1. The molecule has 2 amide bonds. The third kappa shape index (κ3) is 4.25. The van der Waals surface area contributed by atoms with Crippen LogP contribution < -0.4 is 10.2 Å². The first kappa shape index (κ1) is 21.6. The molecule has 5 nitrogen and oxygen atoms in total. The van der Waals surface area contributed by atoms with E-state index in [1.807, 2.05) is 30.0 Å². The molecule has 7 heteroatoms. The summed E-state index contributed by atoms with van der Waals surface area (Å²) >= 11 is 1.77. The van der Waals surface area contributed by atoms with Crippen LogP contribution in [0.5, 0.6) is 0 Å². The summed E-state index contributed by atoms with van der Waals surface area (Å²) in [7, 11) is 0. The number of rotatable bonds is 4. The van der Waals surface area contributed by atoms with Crippen LogP contribution in [0.4, 0.5) is 15.8 Å². The van der Waals surface area contributed by atoms with Gasteiger partial charge in [0, 0.05) is 41.4 Å². The predicted octanol–water partition coefficient (Wildman–Crippen LogP) is 4.87. The lowest BCUT2D eigenvalue weighted by Crippen LogP contribution is -2.50. The molecule has 3 aromatic rings. The van der Waals surface area contributed by atoms with Gasteiger partial charge in [-0.05, 0) is 85.2 Å². The largest absolute Gasteiger partial charge is 0.359 e. The summed E-state index contributed by atoms with van der Waals surface area (Å²) in [6.45, 7) is 4.21. The third-order valence-corrected chi connectivity index (χ3v) is 7.61. The van der Waals surface area contributed by atoms with Crippen LogP contribution in [0.25, 0.3) is 0 Å². The van der Waals surface area contributed by atoms with Crippen molar-refractivity contribution in [1.82, 2.24) is 4.90 Å². The number of carbonyl (C=O) groups is 2. The van der Waals surface area contributed by atoms with Gasteiger partial charge in [0.15, 0.2) is 0 Å². The van der Waals surface area contributed by atoms with E-state index < -0.39 is 0 Å². The molecular weight excluding hydrogens is 437 g/mol. The number of anilines is 2. The van der Waals surface area contributed by atoms with E-state index in [0.29, 0.717) is 12.1 Å². The van der Waals surface area contributed by atoms with Crippen LogP contribution in [0.3, 0.4) is 0 Å². The minimum Gasteiger partial charge on any atom is -0.359 e. The average molecular weight is 464 g/mol. The van der Waals surface area contributed by atoms with Gasteiger partial charge >= 0.3 is 0 Å². The van der Waals surface area contributed by atoms with Gasteiger partial charge in [-0.2, -0.15) is 0 Å². The lowest BCUT2D eigenvalue weighted by Gasteiger charge is -2.39. The molecule has 0 aliphatic carbocycles. The summed E-state index contributed by atoms with van der Waals surface area (Å²) in [5.74, 6) is -0.508. The number of halogens is 1. The fourth-order valence-electron chi connectivity index (χ4n) is 4.80. The van der Waals surface area contributed by atoms with Gasteiger partial charge in [-0.3, -0.25) is 9.59 Å². The van der Waals surface area contributed by atoms with E-state index >= 15 is 0 Å². The summed E-state index contributed by atoms with van der Waals surface area (Å²) in [5, 5.41) is 5.09. The Bertz CT molecular complexity index is 1190. The van der Waals surface area contributed by atoms with Crippen molar-refractivity contribution >= 4 is 34.5 Å². The first-order chi connectivity index (χ1) is 16.0. The van der Waals surface area contributed by atoms with Crippen molar-refractivity contribution < 1.29 is 14.0 Å². The first-order valence-electron chi connectivity index (χ1n) is 11.3. The van der Waals surface area contributed by atoms with E-state index in [9.17, 15) is 14.0 Å². The second kappa shape index (κ2) is 8.98. The van der Waals surface area contributed by atoms with Gasteiger partial charge in [-0.25, -0.2) is 4.39 Å². The van der Waals surface area contributed by atoms with Crippen molar-refractivity contribution in [2.24, 2.45) is 0 Å². The highest BCUT2D eigenvalue weighted by molar-refractivity contribution is 7.10. The number of benzene rings is 2. The second-order valence-electron chi connectivity index (χ2n) is 8.62. The summed E-state index contributed by atoms with van der Waals surface area (Å²) in [6.07, 6.45) is 2.65. The number of carbonyl (C=O) groups excluding carboxylic acids is 2. The van der Waals surface area contributed by atoms with Crippen LogP contribution in [0.1, 0.15) is 39.7 Å². The Morgan fingerprint density at radius 2 is 1.88 bits per heavy atom. The predicted molar refractivity (Wildman–Crippen MR) is 129 cm³/mol. The molecule has 0 saturated carbocycles. The molecular formula is C26H26FN3O2S. The standard InChI is InChI=1S/C26H26FN3O2S/c1-17(26(32)29-14-11-24-19(16-29)12-15-33-24)30-13-3-4-21-22(5-2-6-23(21)30)28-25(31)18-7-9-20(27)10-8-18/h2,5-10,12,15,17H,3-4,11,13-14,16H2,1H3,(H,28,31). The number of hydrogen-bond donors (Lipinski definition) is 1. The van der Waals surface area contributed by atoms with Gasteiger partial charge in [0.1, 0.15) is 11.9 Å². The van der Waals surface area contributed by atoms with Gasteiger partial charge in [0.2, 0.25) is 5.91 Å². The highest BCUT2D eigenvalue weighted by Crippen LogP contribution is 2.35. The van der Waals surface area contributed by atoms with Crippen LogP contribution in [0, 0.1) is 5.82 Å². The lowest BCUT2D eigenvalue weighted by atomic mass is 9.97. The number of nitrogens with one attached hydrogen (secondary N) is 1. The van der Waals surface area contributed by atoms with Gasteiger partial charge < -0.3 is 15.1 Å². The van der Waals surface area contributed by atoms with Gasteiger partial charge in [-0.1, -0.05) is 6.07 Å². The van der Waals surface area contributed by atoms with Crippen molar-refractivity contribution in [3.8, 4) is 0 Å². The van der Waals surface area contributed by atoms with Crippen LogP contribution in [-0.4, -0.2) is 35.8 Å². The Morgan fingerprint density at radius 1 is 1.06 bits per heavy atom. The highest BCUT2D eigenvalue weighted by Gasteiger charge is 2.32. The molecule has 2 aliphatic rings.